The molecule has 0 unspecified atom stereocenters. The standard InChI is InChI=1S/C27H22N5O3S.ClH/c1-35-17-32-22-13-18(8-9-23(22)36-25-24(32)28-10-11-29-25)14-30-12-4-5-19(15-30)16-31-26(33)20-6-2-3-7-21(20)27(31)34;/h2-13,15H,14,16-17H2,1H3;1H/q+1;/p-1. The third-order valence-electron chi connectivity index (χ3n) is 6.18. The van der Waals surface area contributed by atoms with Gasteiger partial charge in [0.05, 0.1) is 23.4 Å². The summed E-state index contributed by atoms with van der Waals surface area (Å²) in [5.41, 5.74) is 3.93. The summed E-state index contributed by atoms with van der Waals surface area (Å²) in [6.45, 7) is 1.22. The van der Waals surface area contributed by atoms with E-state index in [9.17, 15) is 9.59 Å². The second-order valence-electron chi connectivity index (χ2n) is 8.56. The Balaban J connectivity index is 0.00000280. The van der Waals surface area contributed by atoms with Gasteiger partial charge in [-0.2, -0.15) is 0 Å². The Morgan fingerprint density at radius 3 is 2.43 bits per heavy atom. The smallest absolute Gasteiger partial charge is 0.261 e. The van der Waals surface area contributed by atoms with E-state index in [0.717, 1.165) is 32.6 Å². The highest BCUT2D eigenvalue weighted by Crippen LogP contribution is 2.46. The van der Waals surface area contributed by atoms with E-state index in [-0.39, 0.29) is 30.8 Å². The summed E-state index contributed by atoms with van der Waals surface area (Å²) in [5, 5.41) is 0.852. The molecule has 0 spiro atoms. The molecule has 0 atom stereocenters. The minimum absolute atomic E-state index is 0. The predicted octanol–water partition coefficient (Wildman–Crippen LogP) is 0.819. The number of fused-ring (bicyclic) bond motifs is 3. The second-order valence-corrected chi connectivity index (χ2v) is 9.59. The fraction of sp³-hybridized carbons (Fsp3) is 0.148. The number of nitrogens with zero attached hydrogens (tertiary/aromatic N) is 5. The van der Waals surface area contributed by atoms with E-state index < -0.39 is 0 Å². The average Bonchev–Trinajstić information content (AvgIpc) is 3.14. The zero-order valence-corrected chi connectivity index (χ0v) is 21.4. The first kappa shape index (κ1) is 24.9. The maximum Gasteiger partial charge on any atom is 0.261 e. The molecule has 2 aliphatic rings. The van der Waals surface area contributed by atoms with Gasteiger partial charge in [-0.25, -0.2) is 14.5 Å². The molecule has 4 aromatic rings. The average molecular weight is 532 g/mol. The van der Waals surface area contributed by atoms with E-state index in [2.05, 4.69) is 32.7 Å². The van der Waals surface area contributed by atoms with Gasteiger partial charge >= 0.3 is 0 Å². The van der Waals surface area contributed by atoms with E-state index in [1.165, 1.54) is 4.90 Å². The van der Waals surface area contributed by atoms with Crippen molar-refractivity contribution in [2.75, 3.05) is 18.7 Å². The fourth-order valence-electron chi connectivity index (χ4n) is 4.56. The van der Waals surface area contributed by atoms with E-state index in [4.69, 9.17) is 4.74 Å². The number of pyridine rings is 1. The highest BCUT2D eigenvalue weighted by atomic mass is 35.5. The molecule has 0 radical (unpaired) electrons. The summed E-state index contributed by atoms with van der Waals surface area (Å²) < 4.78 is 7.51. The van der Waals surface area contributed by atoms with E-state index >= 15 is 0 Å². The summed E-state index contributed by atoms with van der Waals surface area (Å²) in [7, 11) is 1.66. The van der Waals surface area contributed by atoms with Gasteiger partial charge in [-0.3, -0.25) is 19.4 Å². The van der Waals surface area contributed by atoms with Crippen LogP contribution in [-0.4, -0.2) is 40.5 Å². The third kappa shape index (κ3) is 4.57. The zero-order valence-electron chi connectivity index (χ0n) is 19.9. The molecule has 2 aromatic heterocycles. The topological polar surface area (TPSA) is 79.5 Å². The lowest BCUT2D eigenvalue weighted by Crippen LogP contribution is -3.00. The van der Waals surface area contributed by atoms with Crippen molar-refractivity contribution in [1.29, 1.82) is 0 Å². The summed E-state index contributed by atoms with van der Waals surface area (Å²) >= 11 is 1.60. The molecule has 2 aromatic carbocycles. The van der Waals surface area contributed by atoms with Crippen LogP contribution in [0.4, 0.5) is 11.5 Å². The van der Waals surface area contributed by atoms with Crippen LogP contribution >= 0.6 is 11.8 Å². The maximum atomic E-state index is 12.8. The molecule has 4 heterocycles. The Labute approximate surface area is 224 Å². The van der Waals surface area contributed by atoms with Gasteiger partial charge in [0.25, 0.3) is 11.8 Å². The number of aromatic nitrogens is 3. The van der Waals surface area contributed by atoms with Crippen LogP contribution in [-0.2, 0) is 17.8 Å². The summed E-state index contributed by atoms with van der Waals surface area (Å²) in [5.74, 6) is 0.282. The number of carbonyl (C=O) groups excluding carboxylic acids is 2. The Morgan fingerprint density at radius 1 is 0.919 bits per heavy atom. The van der Waals surface area contributed by atoms with Crippen molar-refractivity contribution in [3.8, 4) is 0 Å². The molecule has 0 aliphatic carbocycles. The number of hydrogen-bond acceptors (Lipinski definition) is 7. The molecular formula is C27H22ClN5O3S. The SMILES string of the molecule is COCN1c2cc(C[n+]3cccc(CN4C(=O)c5ccccc5C4=O)c3)ccc2Sc2nccnc21.[Cl-]. The van der Waals surface area contributed by atoms with Gasteiger partial charge in [-0.15, -0.1) is 0 Å². The maximum absolute atomic E-state index is 12.8. The molecule has 2 aliphatic heterocycles. The summed E-state index contributed by atoms with van der Waals surface area (Å²) in [4.78, 5) is 38.9. The first-order chi connectivity index (χ1) is 17.6. The van der Waals surface area contributed by atoms with Gasteiger partial charge in [-0.1, -0.05) is 30.0 Å². The van der Waals surface area contributed by atoms with Crippen molar-refractivity contribution in [3.05, 3.63) is 102 Å². The predicted molar refractivity (Wildman–Crippen MR) is 133 cm³/mol. The van der Waals surface area contributed by atoms with Gasteiger partial charge in [0, 0.05) is 41.6 Å². The number of anilines is 2. The van der Waals surface area contributed by atoms with Crippen LogP contribution in [0.25, 0.3) is 0 Å². The number of benzene rings is 2. The van der Waals surface area contributed by atoms with Crippen LogP contribution in [0.1, 0.15) is 31.8 Å². The number of methoxy groups -OCH3 is 1. The van der Waals surface area contributed by atoms with Crippen molar-refractivity contribution < 1.29 is 31.3 Å². The summed E-state index contributed by atoms with van der Waals surface area (Å²) in [6.07, 6.45) is 7.34. The lowest BCUT2D eigenvalue weighted by atomic mass is 10.1. The normalized spacial score (nSPS) is 13.6. The molecular weight excluding hydrogens is 510 g/mol. The van der Waals surface area contributed by atoms with Crippen LogP contribution in [0.15, 0.2) is 89.3 Å². The summed E-state index contributed by atoms with van der Waals surface area (Å²) in [6, 6.07) is 17.2. The molecule has 0 N–H and O–H groups in total. The van der Waals surface area contributed by atoms with E-state index in [0.29, 0.717) is 24.4 Å². The minimum atomic E-state index is -0.250. The van der Waals surface area contributed by atoms with Crippen molar-refractivity contribution >= 4 is 35.1 Å². The second kappa shape index (κ2) is 10.3. The molecule has 2 amide bonds. The van der Waals surface area contributed by atoms with Crippen molar-refractivity contribution in [1.82, 2.24) is 14.9 Å². The Hall–Kier alpha value is -3.79. The highest BCUT2D eigenvalue weighted by molar-refractivity contribution is 7.99. The van der Waals surface area contributed by atoms with E-state index in [1.807, 2.05) is 29.4 Å². The van der Waals surface area contributed by atoms with Gasteiger partial charge in [0.15, 0.2) is 24.8 Å². The highest BCUT2D eigenvalue weighted by Gasteiger charge is 2.35. The molecule has 10 heteroatoms. The van der Waals surface area contributed by atoms with Gasteiger partial charge in [-0.05, 0) is 30.3 Å². The first-order valence-corrected chi connectivity index (χ1v) is 12.3. The lowest BCUT2D eigenvalue weighted by Gasteiger charge is -2.30. The van der Waals surface area contributed by atoms with Gasteiger partial charge in [0.1, 0.15) is 11.8 Å². The first-order valence-electron chi connectivity index (χ1n) is 11.4. The van der Waals surface area contributed by atoms with Gasteiger partial charge < -0.3 is 17.1 Å². The number of imide groups is 1. The largest absolute Gasteiger partial charge is 1.00 e. The zero-order chi connectivity index (χ0) is 24.6. The minimum Gasteiger partial charge on any atom is -1.00 e. The van der Waals surface area contributed by atoms with Crippen molar-refractivity contribution in [2.24, 2.45) is 0 Å². The van der Waals surface area contributed by atoms with Crippen LogP contribution in [0.3, 0.4) is 0 Å². The quantitative estimate of drug-likeness (QED) is 0.269. The molecule has 0 saturated carbocycles. The molecule has 8 nitrogen and oxygen atoms in total. The molecule has 0 saturated heterocycles. The van der Waals surface area contributed by atoms with Crippen LogP contribution in [0.5, 0.6) is 0 Å². The molecule has 0 fully saturated rings. The fourth-order valence-corrected chi connectivity index (χ4v) is 5.54. The number of hydrogen-bond donors (Lipinski definition) is 0. The van der Waals surface area contributed by atoms with Crippen LogP contribution in [0, 0.1) is 0 Å². The number of carbonyl (C=O) groups is 2. The number of halogens is 1. The Morgan fingerprint density at radius 2 is 1.68 bits per heavy atom. The van der Waals surface area contributed by atoms with Crippen molar-refractivity contribution in [3.63, 3.8) is 0 Å². The number of amides is 2. The van der Waals surface area contributed by atoms with Crippen LogP contribution < -0.4 is 21.9 Å². The molecule has 37 heavy (non-hydrogen) atoms. The number of rotatable bonds is 6. The van der Waals surface area contributed by atoms with E-state index in [1.54, 1.807) is 55.5 Å². The van der Waals surface area contributed by atoms with Crippen molar-refractivity contribution in [2.45, 2.75) is 23.0 Å². The van der Waals surface area contributed by atoms with Gasteiger partial charge in [0.2, 0.25) is 0 Å². The Bertz CT molecular complexity index is 1480. The molecule has 186 valence electrons. The molecule has 6 rings (SSSR count). The lowest BCUT2D eigenvalue weighted by molar-refractivity contribution is -0.688. The monoisotopic (exact) mass is 531 g/mol. The van der Waals surface area contributed by atoms with Crippen LogP contribution in [0.2, 0.25) is 0 Å². The Kier molecular flexibility index (Phi) is 6.92. The third-order valence-corrected chi connectivity index (χ3v) is 7.23. The number of ether oxygens (including phenoxy) is 1. The molecule has 0 bridgehead atoms.